The van der Waals surface area contributed by atoms with Crippen molar-refractivity contribution in [2.45, 2.75) is 19.2 Å². The van der Waals surface area contributed by atoms with Gasteiger partial charge in [-0.3, -0.25) is 9.48 Å². The van der Waals surface area contributed by atoms with Crippen molar-refractivity contribution in [2.24, 2.45) is 12.8 Å². The molecule has 0 aliphatic heterocycles. The summed E-state index contributed by atoms with van der Waals surface area (Å²) in [4.78, 5) is 19.3. The van der Waals surface area contributed by atoms with E-state index in [1.807, 2.05) is 0 Å². The van der Waals surface area contributed by atoms with Crippen LogP contribution in [0.4, 0.5) is 13.2 Å². The minimum Gasteiger partial charge on any atom is -0.471 e. The average molecular weight is 458 g/mol. The van der Waals surface area contributed by atoms with E-state index in [2.05, 4.69) is 20.2 Å². The number of amides is 1. The molecule has 0 bridgehead atoms. The monoisotopic (exact) mass is 458 g/mol. The maximum atomic E-state index is 12.7. The Morgan fingerprint density at radius 3 is 2.73 bits per heavy atom. The first-order chi connectivity index (χ1) is 15.7. The molecule has 12 heteroatoms. The Morgan fingerprint density at radius 1 is 1.21 bits per heavy atom. The molecule has 4 rings (SSSR count). The average Bonchev–Trinajstić information content (AvgIpc) is 3.38. The van der Waals surface area contributed by atoms with Crippen molar-refractivity contribution in [3.63, 3.8) is 0 Å². The molecule has 1 aromatic carbocycles. The van der Waals surface area contributed by atoms with Crippen LogP contribution >= 0.6 is 0 Å². The number of pyridine rings is 1. The molecule has 4 aromatic rings. The lowest BCUT2D eigenvalue weighted by molar-refractivity contribution is -0.137. The van der Waals surface area contributed by atoms with Crippen LogP contribution in [0.15, 0.2) is 53.3 Å². The molecule has 170 valence electrons. The zero-order valence-electron chi connectivity index (χ0n) is 17.2. The van der Waals surface area contributed by atoms with Crippen molar-refractivity contribution in [3.8, 4) is 28.7 Å². The fraction of sp³-hybridized carbons (Fsp3) is 0.190. The van der Waals surface area contributed by atoms with Crippen LogP contribution in [0.3, 0.4) is 0 Å². The van der Waals surface area contributed by atoms with E-state index in [0.29, 0.717) is 34.4 Å². The highest BCUT2D eigenvalue weighted by atomic mass is 19.4. The maximum Gasteiger partial charge on any atom is 0.417 e. The number of carbonyl (C=O) groups is 1. The molecule has 2 N–H and O–H groups in total. The predicted molar refractivity (Wildman–Crippen MR) is 108 cm³/mol. The van der Waals surface area contributed by atoms with Gasteiger partial charge in [0.1, 0.15) is 6.61 Å². The van der Waals surface area contributed by atoms with Crippen molar-refractivity contribution in [1.29, 1.82) is 0 Å². The number of halogens is 3. The van der Waals surface area contributed by atoms with Gasteiger partial charge in [-0.1, -0.05) is 23.4 Å². The van der Waals surface area contributed by atoms with E-state index < -0.39 is 17.6 Å². The number of benzene rings is 1. The lowest BCUT2D eigenvalue weighted by atomic mass is 10.1. The van der Waals surface area contributed by atoms with Crippen molar-refractivity contribution in [1.82, 2.24) is 24.9 Å². The van der Waals surface area contributed by atoms with Crippen LogP contribution in [0.5, 0.6) is 5.88 Å². The molecule has 3 heterocycles. The summed E-state index contributed by atoms with van der Waals surface area (Å²) in [5, 5.41) is 8.15. The summed E-state index contributed by atoms with van der Waals surface area (Å²) >= 11 is 0. The minimum absolute atomic E-state index is 0.0210. The Bertz CT molecular complexity index is 1280. The van der Waals surface area contributed by atoms with Gasteiger partial charge in [0.25, 0.3) is 5.89 Å². The number of primary amides is 1. The molecule has 0 spiro atoms. The van der Waals surface area contributed by atoms with E-state index in [-0.39, 0.29) is 24.8 Å². The molecule has 1 amide bonds. The molecule has 3 aromatic heterocycles. The predicted octanol–water partition coefficient (Wildman–Crippen LogP) is 3.16. The molecular formula is C21H17F3N6O3. The van der Waals surface area contributed by atoms with Crippen molar-refractivity contribution in [3.05, 3.63) is 65.6 Å². The van der Waals surface area contributed by atoms with Gasteiger partial charge < -0.3 is 15.0 Å². The fourth-order valence-corrected chi connectivity index (χ4v) is 3.06. The Kier molecular flexibility index (Phi) is 5.82. The van der Waals surface area contributed by atoms with E-state index in [4.69, 9.17) is 15.0 Å². The second-order valence-corrected chi connectivity index (χ2v) is 7.07. The summed E-state index contributed by atoms with van der Waals surface area (Å²) in [7, 11) is 1.67. The first-order valence-electron chi connectivity index (χ1n) is 9.59. The van der Waals surface area contributed by atoms with Gasteiger partial charge in [0, 0.05) is 24.9 Å². The number of hydrogen-bond donors (Lipinski definition) is 1. The smallest absolute Gasteiger partial charge is 0.417 e. The maximum absolute atomic E-state index is 12.7. The van der Waals surface area contributed by atoms with Crippen LogP contribution in [0.25, 0.3) is 22.8 Å². The largest absolute Gasteiger partial charge is 0.471 e. The second kappa shape index (κ2) is 8.73. The van der Waals surface area contributed by atoms with Gasteiger partial charge in [-0.05, 0) is 17.7 Å². The molecule has 0 fully saturated rings. The topological polar surface area (TPSA) is 122 Å². The lowest BCUT2D eigenvalue weighted by Gasteiger charge is -2.09. The van der Waals surface area contributed by atoms with Gasteiger partial charge in [0.15, 0.2) is 0 Å². The summed E-state index contributed by atoms with van der Waals surface area (Å²) in [6.45, 7) is -0.0456. The first kappa shape index (κ1) is 22.0. The normalized spacial score (nSPS) is 11.5. The summed E-state index contributed by atoms with van der Waals surface area (Å²) in [5.41, 5.74) is 6.78. The fourth-order valence-electron chi connectivity index (χ4n) is 3.06. The third-order valence-electron chi connectivity index (χ3n) is 4.70. The van der Waals surface area contributed by atoms with Gasteiger partial charge in [0.05, 0.1) is 29.4 Å². The van der Waals surface area contributed by atoms with Gasteiger partial charge in [-0.2, -0.15) is 23.3 Å². The highest BCUT2D eigenvalue weighted by Crippen LogP contribution is 2.30. The van der Waals surface area contributed by atoms with E-state index in [1.54, 1.807) is 31.3 Å². The van der Waals surface area contributed by atoms with Crippen molar-refractivity contribution >= 4 is 5.91 Å². The number of nitrogens with two attached hydrogens (primary N) is 1. The zero-order chi connectivity index (χ0) is 23.6. The summed E-state index contributed by atoms with van der Waals surface area (Å²) in [6.07, 6.45) is -2.17. The number of hydrogen-bond acceptors (Lipinski definition) is 7. The van der Waals surface area contributed by atoms with Crippen LogP contribution in [0.1, 0.15) is 16.8 Å². The highest BCUT2D eigenvalue weighted by molar-refractivity contribution is 5.77. The number of aromatic nitrogens is 5. The molecule has 0 radical (unpaired) electrons. The Hall–Kier alpha value is -4.22. The summed E-state index contributed by atoms with van der Waals surface area (Å²) in [6, 6.07) is 9.06. The lowest BCUT2D eigenvalue weighted by Crippen LogP contribution is -2.13. The SMILES string of the molecule is Cn1ncc(-c2nc(-c3cccc(CC(N)=O)c3)no2)c1COc1ccc(C(F)(F)F)cn1. The number of rotatable bonds is 7. The second-order valence-electron chi connectivity index (χ2n) is 7.07. The molecule has 0 atom stereocenters. The van der Waals surface area contributed by atoms with Crippen LogP contribution in [-0.2, 0) is 31.0 Å². The molecular weight excluding hydrogens is 441 g/mol. The molecule has 33 heavy (non-hydrogen) atoms. The van der Waals surface area contributed by atoms with Gasteiger partial charge in [-0.25, -0.2) is 4.98 Å². The zero-order valence-corrected chi connectivity index (χ0v) is 17.2. The van der Waals surface area contributed by atoms with Crippen molar-refractivity contribution < 1.29 is 27.2 Å². The number of aryl methyl sites for hydroxylation is 1. The van der Waals surface area contributed by atoms with Crippen molar-refractivity contribution in [2.75, 3.05) is 0 Å². The van der Waals surface area contributed by atoms with Gasteiger partial charge in [0.2, 0.25) is 17.6 Å². The Balaban J connectivity index is 1.53. The summed E-state index contributed by atoms with van der Waals surface area (Å²) in [5.74, 6) is 0.0463. The summed E-state index contributed by atoms with van der Waals surface area (Å²) < 4.78 is 50.5. The first-order valence-corrected chi connectivity index (χ1v) is 9.59. The van der Waals surface area contributed by atoms with Crippen LogP contribution in [-0.4, -0.2) is 30.8 Å². The Morgan fingerprint density at radius 2 is 2.03 bits per heavy atom. The van der Waals surface area contributed by atoms with E-state index in [9.17, 15) is 18.0 Å². The van der Waals surface area contributed by atoms with E-state index in [0.717, 1.165) is 12.1 Å². The molecule has 0 unspecified atom stereocenters. The quantitative estimate of drug-likeness (QED) is 0.451. The highest BCUT2D eigenvalue weighted by Gasteiger charge is 2.30. The third kappa shape index (κ3) is 5.00. The van der Waals surface area contributed by atoms with Gasteiger partial charge >= 0.3 is 6.18 Å². The number of nitrogens with zero attached hydrogens (tertiary/aromatic N) is 5. The van der Waals surface area contributed by atoms with E-state index >= 15 is 0 Å². The van der Waals surface area contributed by atoms with Crippen LogP contribution in [0.2, 0.25) is 0 Å². The third-order valence-corrected chi connectivity index (χ3v) is 4.70. The molecule has 9 nitrogen and oxygen atoms in total. The molecule has 0 saturated heterocycles. The Labute approximate surface area is 185 Å². The number of carbonyl (C=O) groups excluding carboxylic acids is 1. The van der Waals surface area contributed by atoms with Crippen LogP contribution < -0.4 is 10.5 Å². The molecule has 0 aliphatic rings. The van der Waals surface area contributed by atoms with Crippen LogP contribution in [0, 0.1) is 0 Å². The van der Waals surface area contributed by atoms with Gasteiger partial charge in [-0.15, -0.1) is 0 Å². The number of alkyl halides is 3. The number of ether oxygens (including phenoxy) is 1. The van der Waals surface area contributed by atoms with E-state index in [1.165, 1.54) is 10.9 Å². The standard InChI is InChI=1S/C21H17F3N6O3/c1-30-16(11-32-18-6-5-14(9-26-18)21(22,23)24)15(10-27-30)20-28-19(29-33-20)13-4-2-3-12(7-13)8-17(25)31/h2-7,9-10H,8,11H2,1H3,(H2,25,31). The molecule has 0 saturated carbocycles. The molecule has 0 aliphatic carbocycles. The minimum atomic E-state index is -4.48.